The maximum absolute atomic E-state index is 11.5. The lowest BCUT2D eigenvalue weighted by molar-refractivity contribution is -0.116. The van der Waals surface area contributed by atoms with Crippen LogP contribution in [0.15, 0.2) is 30.3 Å². The highest BCUT2D eigenvalue weighted by molar-refractivity contribution is 6.30. The van der Waals surface area contributed by atoms with E-state index in [2.05, 4.69) is 10.6 Å². The van der Waals surface area contributed by atoms with Gasteiger partial charge in [0.1, 0.15) is 0 Å². The molecule has 0 aromatic heterocycles. The van der Waals surface area contributed by atoms with Crippen LogP contribution in [0.3, 0.4) is 0 Å². The van der Waals surface area contributed by atoms with Crippen LogP contribution in [0.5, 0.6) is 0 Å². The second-order valence-electron chi connectivity index (χ2n) is 3.92. The van der Waals surface area contributed by atoms with Crippen LogP contribution in [-0.4, -0.2) is 39.3 Å². The van der Waals surface area contributed by atoms with Crippen molar-refractivity contribution in [2.75, 3.05) is 33.4 Å². The van der Waals surface area contributed by atoms with Gasteiger partial charge in [0.2, 0.25) is 5.91 Å². The highest BCUT2D eigenvalue weighted by Gasteiger charge is 1.94. The molecule has 0 saturated heterocycles. The Morgan fingerprint density at radius 1 is 1.26 bits per heavy atom. The van der Waals surface area contributed by atoms with E-state index in [9.17, 15) is 4.79 Å². The second kappa shape index (κ2) is 9.55. The van der Waals surface area contributed by atoms with E-state index >= 15 is 0 Å². The Kier molecular flexibility index (Phi) is 7.89. The Labute approximate surface area is 118 Å². The van der Waals surface area contributed by atoms with Crippen molar-refractivity contribution in [3.63, 3.8) is 0 Å². The Morgan fingerprint density at radius 2 is 2.00 bits per heavy atom. The number of benzene rings is 1. The minimum absolute atomic E-state index is 0.108. The van der Waals surface area contributed by atoms with E-state index in [1.807, 2.05) is 12.1 Å². The summed E-state index contributed by atoms with van der Waals surface area (Å²) in [6, 6.07) is 7.30. The first kappa shape index (κ1) is 15.7. The van der Waals surface area contributed by atoms with Crippen molar-refractivity contribution in [2.24, 2.45) is 0 Å². The Hall–Kier alpha value is -1.36. The molecule has 1 rings (SSSR count). The summed E-state index contributed by atoms with van der Waals surface area (Å²) in [7, 11) is 1.66. The van der Waals surface area contributed by atoms with E-state index < -0.39 is 0 Å². The van der Waals surface area contributed by atoms with Gasteiger partial charge in [-0.05, 0) is 23.8 Å². The van der Waals surface area contributed by atoms with Crippen LogP contribution in [-0.2, 0) is 9.53 Å². The third-order valence-electron chi connectivity index (χ3n) is 2.38. The molecule has 104 valence electrons. The van der Waals surface area contributed by atoms with E-state index in [0.717, 1.165) is 18.7 Å². The van der Waals surface area contributed by atoms with Crippen LogP contribution in [0.2, 0.25) is 5.02 Å². The Balaban J connectivity index is 2.18. The fourth-order valence-electron chi connectivity index (χ4n) is 1.38. The molecule has 0 spiro atoms. The molecule has 0 aliphatic heterocycles. The van der Waals surface area contributed by atoms with Gasteiger partial charge in [0.05, 0.1) is 6.61 Å². The molecule has 2 N–H and O–H groups in total. The summed E-state index contributed by atoms with van der Waals surface area (Å²) in [6.07, 6.45) is 3.27. The number of carbonyl (C=O) groups is 1. The third-order valence-corrected chi connectivity index (χ3v) is 2.63. The van der Waals surface area contributed by atoms with Crippen molar-refractivity contribution in [1.82, 2.24) is 10.6 Å². The fourth-order valence-corrected chi connectivity index (χ4v) is 1.50. The van der Waals surface area contributed by atoms with E-state index in [0.29, 0.717) is 18.2 Å². The molecule has 0 aliphatic carbocycles. The van der Waals surface area contributed by atoms with Gasteiger partial charge in [0, 0.05) is 37.8 Å². The van der Waals surface area contributed by atoms with E-state index in [-0.39, 0.29) is 5.91 Å². The first-order valence-electron chi connectivity index (χ1n) is 6.13. The van der Waals surface area contributed by atoms with Crippen molar-refractivity contribution in [2.45, 2.75) is 0 Å². The molecule has 0 unspecified atom stereocenters. The smallest absolute Gasteiger partial charge is 0.244 e. The minimum atomic E-state index is -0.108. The highest BCUT2D eigenvalue weighted by Crippen LogP contribution is 2.10. The van der Waals surface area contributed by atoms with Crippen molar-refractivity contribution in [1.29, 1.82) is 0 Å². The minimum Gasteiger partial charge on any atom is -0.383 e. The average molecular weight is 283 g/mol. The molecule has 1 aromatic rings. The van der Waals surface area contributed by atoms with Gasteiger partial charge < -0.3 is 15.4 Å². The maximum Gasteiger partial charge on any atom is 0.244 e. The predicted octanol–water partition coefficient (Wildman–Crippen LogP) is 1.71. The molecular formula is C14H19ClN2O2. The summed E-state index contributed by atoms with van der Waals surface area (Å²) in [5.41, 5.74) is 0.942. The van der Waals surface area contributed by atoms with Gasteiger partial charge >= 0.3 is 0 Å². The summed E-state index contributed by atoms with van der Waals surface area (Å²) in [4.78, 5) is 11.5. The molecule has 1 aromatic carbocycles. The van der Waals surface area contributed by atoms with Crippen LogP contribution in [0.1, 0.15) is 5.56 Å². The molecule has 0 heterocycles. The lowest BCUT2D eigenvalue weighted by atomic mass is 10.2. The number of amides is 1. The fraction of sp³-hybridized carbons (Fsp3) is 0.357. The summed E-state index contributed by atoms with van der Waals surface area (Å²) in [6.45, 7) is 2.77. The van der Waals surface area contributed by atoms with E-state index in [1.54, 1.807) is 25.3 Å². The number of ether oxygens (including phenoxy) is 1. The van der Waals surface area contributed by atoms with Crippen LogP contribution in [0.4, 0.5) is 0 Å². The standard InChI is InChI=1S/C14H19ClN2O2/c1-19-11-10-16-8-9-17-14(18)7-4-12-2-5-13(15)6-3-12/h2-7,16H,8-11H2,1H3,(H,17,18)/b7-4+. The van der Waals surface area contributed by atoms with Gasteiger partial charge in [-0.1, -0.05) is 23.7 Å². The largest absolute Gasteiger partial charge is 0.383 e. The lowest BCUT2D eigenvalue weighted by Crippen LogP contribution is -2.32. The number of rotatable bonds is 8. The van der Waals surface area contributed by atoms with Gasteiger partial charge in [-0.2, -0.15) is 0 Å². The molecule has 5 heteroatoms. The van der Waals surface area contributed by atoms with Gasteiger partial charge in [-0.25, -0.2) is 0 Å². The third kappa shape index (κ3) is 7.62. The summed E-state index contributed by atoms with van der Waals surface area (Å²) in [5.74, 6) is -0.108. The average Bonchev–Trinajstić information content (AvgIpc) is 2.42. The monoisotopic (exact) mass is 282 g/mol. The van der Waals surface area contributed by atoms with Crippen molar-refractivity contribution in [3.8, 4) is 0 Å². The molecule has 0 fully saturated rings. The van der Waals surface area contributed by atoms with Crippen molar-refractivity contribution in [3.05, 3.63) is 40.9 Å². The molecule has 1 amide bonds. The number of nitrogens with one attached hydrogen (secondary N) is 2. The van der Waals surface area contributed by atoms with Crippen LogP contribution < -0.4 is 10.6 Å². The topological polar surface area (TPSA) is 50.4 Å². The summed E-state index contributed by atoms with van der Waals surface area (Å²) in [5, 5.41) is 6.61. The van der Waals surface area contributed by atoms with Gasteiger partial charge in [-0.3, -0.25) is 4.79 Å². The first-order chi connectivity index (χ1) is 9.22. The molecule has 19 heavy (non-hydrogen) atoms. The maximum atomic E-state index is 11.5. The van der Waals surface area contributed by atoms with Crippen LogP contribution in [0, 0.1) is 0 Å². The van der Waals surface area contributed by atoms with Gasteiger partial charge in [0.15, 0.2) is 0 Å². The quantitative estimate of drug-likeness (QED) is 0.564. The predicted molar refractivity (Wildman–Crippen MR) is 78.2 cm³/mol. The number of hydrogen-bond donors (Lipinski definition) is 2. The summed E-state index contributed by atoms with van der Waals surface area (Å²) < 4.78 is 4.90. The number of halogens is 1. The molecule has 4 nitrogen and oxygen atoms in total. The number of hydrogen-bond acceptors (Lipinski definition) is 3. The zero-order chi connectivity index (χ0) is 13.9. The summed E-state index contributed by atoms with van der Waals surface area (Å²) >= 11 is 5.78. The molecule has 0 saturated carbocycles. The van der Waals surface area contributed by atoms with Gasteiger partial charge in [-0.15, -0.1) is 0 Å². The number of carbonyl (C=O) groups excluding carboxylic acids is 1. The molecular weight excluding hydrogens is 264 g/mol. The van der Waals surface area contributed by atoms with Crippen molar-refractivity contribution < 1.29 is 9.53 Å². The highest BCUT2D eigenvalue weighted by atomic mass is 35.5. The Bertz CT molecular complexity index is 404. The van der Waals surface area contributed by atoms with E-state index in [1.165, 1.54) is 6.08 Å². The van der Waals surface area contributed by atoms with Crippen LogP contribution in [0.25, 0.3) is 6.08 Å². The molecule has 0 bridgehead atoms. The molecule has 0 radical (unpaired) electrons. The van der Waals surface area contributed by atoms with Crippen LogP contribution >= 0.6 is 11.6 Å². The van der Waals surface area contributed by atoms with Crippen molar-refractivity contribution >= 4 is 23.6 Å². The number of methoxy groups -OCH3 is 1. The molecule has 0 aliphatic rings. The first-order valence-corrected chi connectivity index (χ1v) is 6.51. The zero-order valence-electron chi connectivity index (χ0n) is 11.0. The second-order valence-corrected chi connectivity index (χ2v) is 4.36. The SMILES string of the molecule is COCCNCCNC(=O)/C=C/c1ccc(Cl)cc1. The normalized spacial score (nSPS) is 10.8. The lowest BCUT2D eigenvalue weighted by Gasteiger charge is -2.04. The Morgan fingerprint density at radius 3 is 2.68 bits per heavy atom. The van der Waals surface area contributed by atoms with Gasteiger partial charge in [0.25, 0.3) is 0 Å². The zero-order valence-corrected chi connectivity index (χ0v) is 11.7. The molecule has 0 atom stereocenters. The van der Waals surface area contributed by atoms with E-state index in [4.69, 9.17) is 16.3 Å².